The maximum Gasteiger partial charge on any atom is 0.135 e. The third-order valence-electron chi connectivity index (χ3n) is 14.7. The van der Waals surface area contributed by atoms with Gasteiger partial charge in [-0.25, -0.2) is 4.98 Å². The molecule has 6 heteroatoms. The van der Waals surface area contributed by atoms with Crippen LogP contribution in [-0.2, 0) is 37.3 Å². The van der Waals surface area contributed by atoms with E-state index < -0.39 is 18.1 Å². The molecule has 0 spiro atoms. The Labute approximate surface area is 482 Å². The first-order valence-corrected chi connectivity index (χ1v) is 26.4. The summed E-state index contributed by atoms with van der Waals surface area (Å²) in [5.74, 6) is 1.53. The van der Waals surface area contributed by atoms with E-state index in [4.69, 9.17) is 16.6 Å². The number of nitrogens with zero attached hydrogens (tertiary/aromatic N) is 4. The molecule has 0 N–H and O–H groups in total. The van der Waals surface area contributed by atoms with Gasteiger partial charge in [-0.1, -0.05) is 218 Å². The summed E-state index contributed by atoms with van der Waals surface area (Å²) in [5.41, 5.74) is 16.0. The van der Waals surface area contributed by atoms with Crippen LogP contribution in [0.3, 0.4) is 0 Å². The van der Waals surface area contributed by atoms with E-state index in [2.05, 4.69) is 212 Å². The normalized spacial score (nSPS) is 13.6. The minimum atomic E-state index is -0.438. The number of aromatic nitrogens is 2. The molecule has 0 fully saturated rings. The zero-order chi connectivity index (χ0) is 57.6. The Kier molecular flexibility index (Phi) is 12.1. The van der Waals surface area contributed by atoms with Gasteiger partial charge in [-0.05, 0) is 97.5 Å². The van der Waals surface area contributed by atoms with Crippen LogP contribution in [0.1, 0.15) is 85.9 Å². The molecule has 3 heterocycles. The fourth-order valence-electron chi connectivity index (χ4n) is 10.4. The standard InChI is InChI=1S/C72H63N4O.Pt/c1-70(2,3)53-39-52(40-54(41-53)71(4,5)6)62-43-55(72(7,8)9)42-61(50-27-17-12-18-28-50)69(62)75-47-74(64-31-21-22-32-65(64)75)66-44-56(34-36-58(66)49-25-15-11-16-26-49)77-57-35-37-60-59-29-19-20-30-63(59)76(67(60)45-57)68-38-33-51(46-73-68)48-23-13-10-14-24-48;/h10-43,46-47H,1-9H3;/q-3;/i10D,13D,14D,23D,24D;. The second-order valence-corrected chi connectivity index (χ2v) is 23.1. The van der Waals surface area contributed by atoms with Crippen molar-refractivity contribution in [3.05, 3.63) is 248 Å². The Morgan fingerprint density at radius 3 is 1.65 bits per heavy atom. The number of hydrogen-bond acceptors (Lipinski definition) is 4. The predicted octanol–water partition coefficient (Wildman–Crippen LogP) is 19.5. The Morgan fingerprint density at radius 2 is 1.03 bits per heavy atom. The number of ether oxygens (including phenoxy) is 1. The van der Waals surface area contributed by atoms with E-state index in [0.717, 1.165) is 72.4 Å². The van der Waals surface area contributed by atoms with Crippen molar-refractivity contribution in [2.45, 2.75) is 78.6 Å². The van der Waals surface area contributed by atoms with Gasteiger partial charge in [0.25, 0.3) is 0 Å². The number of para-hydroxylation sites is 3. The Balaban J connectivity index is 0.00000721. The third-order valence-corrected chi connectivity index (χ3v) is 14.7. The molecule has 390 valence electrons. The molecular formula is C72H63N4OPt-3. The van der Waals surface area contributed by atoms with Gasteiger partial charge in [-0.15, -0.1) is 41.9 Å². The van der Waals surface area contributed by atoms with Gasteiger partial charge in [0.2, 0.25) is 0 Å². The molecule has 9 aromatic carbocycles. The number of fused-ring (bicyclic) bond motifs is 4. The maximum absolute atomic E-state index is 8.60. The fourth-order valence-corrected chi connectivity index (χ4v) is 10.4. The molecule has 0 atom stereocenters. The van der Waals surface area contributed by atoms with Gasteiger partial charge in [-0.3, -0.25) is 0 Å². The smallest absolute Gasteiger partial charge is 0.135 e. The van der Waals surface area contributed by atoms with Crippen LogP contribution in [0, 0.1) is 18.8 Å². The fraction of sp³-hybridized carbons (Fsp3) is 0.167. The first kappa shape index (κ1) is 46.1. The zero-order valence-electron chi connectivity index (χ0n) is 50.4. The minimum absolute atomic E-state index is 0. The molecule has 12 rings (SSSR count). The topological polar surface area (TPSA) is 33.5 Å². The average molecular weight is 1200 g/mol. The quantitative estimate of drug-likeness (QED) is 0.135. The Hall–Kier alpha value is -7.98. The molecule has 0 saturated carbocycles. The van der Waals surface area contributed by atoms with E-state index in [1.165, 1.54) is 22.3 Å². The summed E-state index contributed by atoms with van der Waals surface area (Å²) in [5, 5.41) is 1.94. The number of anilines is 4. The summed E-state index contributed by atoms with van der Waals surface area (Å²) < 4.78 is 50.7. The van der Waals surface area contributed by atoms with Crippen LogP contribution < -0.4 is 14.5 Å². The summed E-state index contributed by atoms with van der Waals surface area (Å²) in [6.45, 7) is 22.9. The van der Waals surface area contributed by atoms with E-state index in [-0.39, 0.29) is 55.0 Å². The number of hydrogen-bond donors (Lipinski definition) is 0. The molecule has 0 radical (unpaired) electrons. The first-order chi connectivity index (χ1) is 39.1. The molecule has 0 amide bonds. The molecule has 1 aliphatic rings. The molecule has 78 heavy (non-hydrogen) atoms. The molecule has 0 unspecified atom stereocenters. The second kappa shape index (κ2) is 20.4. The van der Waals surface area contributed by atoms with Crippen LogP contribution in [0.5, 0.6) is 11.5 Å². The van der Waals surface area contributed by atoms with E-state index in [1.807, 2.05) is 47.0 Å². The summed E-state index contributed by atoms with van der Waals surface area (Å²) in [6, 6.07) is 67.1. The molecular weight excluding hydrogens is 1130 g/mol. The molecule has 5 nitrogen and oxygen atoms in total. The van der Waals surface area contributed by atoms with Crippen molar-refractivity contribution in [1.29, 1.82) is 0 Å². The number of pyridine rings is 1. The maximum atomic E-state index is 8.60. The van der Waals surface area contributed by atoms with Crippen LogP contribution >= 0.6 is 0 Å². The van der Waals surface area contributed by atoms with Crippen molar-refractivity contribution in [3.8, 4) is 61.8 Å². The van der Waals surface area contributed by atoms with Crippen LogP contribution in [-0.4, -0.2) is 9.55 Å². The van der Waals surface area contributed by atoms with Crippen molar-refractivity contribution in [2.75, 3.05) is 9.80 Å². The summed E-state index contributed by atoms with van der Waals surface area (Å²) >= 11 is 0. The second-order valence-electron chi connectivity index (χ2n) is 23.1. The minimum Gasteiger partial charge on any atom is -0.509 e. The molecule has 0 aliphatic carbocycles. The first-order valence-electron chi connectivity index (χ1n) is 28.9. The van der Waals surface area contributed by atoms with Crippen molar-refractivity contribution in [3.63, 3.8) is 0 Å². The van der Waals surface area contributed by atoms with Crippen molar-refractivity contribution < 1.29 is 32.7 Å². The number of benzene rings is 9. The van der Waals surface area contributed by atoms with Crippen molar-refractivity contribution in [1.82, 2.24) is 9.55 Å². The van der Waals surface area contributed by atoms with Crippen LogP contribution in [0.2, 0.25) is 0 Å². The van der Waals surface area contributed by atoms with Gasteiger partial charge in [0.05, 0.1) is 6.85 Å². The zero-order valence-corrected chi connectivity index (χ0v) is 47.7. The van der Waals surface area contributed by atoms with E-state index >= 15 is 0 Å². The number of rotatable bonds is 9. The summed E-state index contributed by atoms with van der Waals surface area (Å²) in [4.78, 5) is 9.47. The molecule has 2 aromatic heterocycles. The van der Waals surface area contributed by atoms with Gasteiger partial charge in [0.15, 0.2) is 0 Å². The summed E-state index contributed by atoms with van der Waals surface area (Å²) in [7, 11) is 0. The average Bonchev–Trinajstić information content (AvgIpc) is 4.28. The van der Waals surface area contributed by atoms with Crippen LogP contribution in [0.25, 0.3) is 72.1 Å². The third kappa shape index (κ3) is 9.86. The Morgan fingerprint density at radius 1 is 0.474 bits per heavy atom. The monoisotopic (exact) mass is 1200 g/mol. The van der Waals surface area contributed by atoms with E-state index in [1.54, 1.807) is 18.3 Å². The Bertz CT molecular complexity index is 4230. The molecule has 0 saturated heterocycles. The van der Waals surface area contributed by atoms with Crippen molar-refractivity contribution >= 4 is 44.6 Å². The van der Waals surface area contributed by atoms with Crippen molar-refractivity contribution in [2.24, 2.45) is 0 Å². The molecule has 0 bridgehead atoms. The largest absolute Gasteiger partial charge is 0.509 e. The molecule has 1 aliphatic heterocycles. The van der Waals surface area contributed by atoms with Gasteiger partial charge >= 0.3 is 0 Å². The van der Waals surface area contributed by atoms with Gasteiger partial charge < -0.3 is 19.1 Å². The van der Waals surface area contributed by atoms with E-state index in [9.17, 15) is 0 Å². The SMILES string of the molecule is [2H]c1c([2H])c([2H])c(-c2ccc(-n3c4[c-]c(Oc5[c-]c(N6[CH-]N(c7c(-c8ccccc8)cc(C(C)(C)C)cc7-c7cc(C(C)(C)C)cc(C(C)(C)C)c7)c7ccccc76)c(-c6ccccc6)cc5)ccc4c4ccccc43)nc2)c([2H])c1[2H].[Pt]. The van der Waals surface area contributed by atoms with Crippen LogP contribution in [0.4, 0.5) is 22.7 Å². The van der Waals surface area contributed by atoms with Gasteiger partial charge in [-0.2, -0.15) is 12.1 Å². The predicted molar refractivity (Wildman–Crippen MR) is 322 cm³/mol. The van der Waals surface area contributed by atoms with Gasteiger partial charge in [0, 0.05) is 78.0 Å². The van der Waals surface area contributed by atoms with Gasteiger partial charge in [0.1, 0.15) is 5.82 Å². The summed E-state index contributed by atoms with van der Waals surface area (Å²) in [6.07, 6.45) is 1.56. The van der Waals surface area contributed by atoms with E-state index in [0.29, 0.717) is 22.9 Å². The molecule has 11 aromatic rings. The van der Waals surface area contributed by atoms with Crippen LogP contribution in [0.15, 0.2) is 212 Å².